The summed E-state index contributed by atoms with van der Waals surface area (Å²) in [7, 11) is 0. The Morgan fingerprint density at radius 2 is 1.45 bits per heavy atom. The van der Waals surface area contributed by atoms with E-state index in [1.165, 1.54) is 70.3 Å². The van der Waals surface area contributed by atoms with Crippen molar-refractivity contribution in [3.8, 4) is 0 Å². The molecular formula is C54H56N4. The SMILES string of the molecule is C1=CCC(C2=CC(C3=CC=C(C4N=C(C5C=CC(c6ccccc6)=CC5)NC(C5C=CC(C6C=CCCC6)CC5)=N4)CC3)NC=C2C2=C3C=CC=CC3CC=C2)C=C1. The Labute approximate surface area is 345 Å². The predicted octanol–water partition coefficient (Wildman–Crippen LogP) is 11.9. The Bertz CT molecular complexity index is 2280. The summed E-state index contributed by atoms with van der Waals surface area (Å²) in [5.41, 5.74) is 10.9. The van der Waals surface area contributed by atoms with E-state index in [1.54, 1.807) is 0 Å². The van der Waals surface area contributed by atoms with Crippen LogP contribution in [-0.2, 0) is 0 Å². The lowest BCUT2D eigenvalue weighted by Crippen LogP contribution is -2.44. The highest BCUT2D eigenvalue weighted by molar-refractivity contribution is 6.06. The van der Waals surface area contributed by atoms with Gasteiger partial charge in [-0.1, -0.05) is 152 Å². The van der Waals surface area contributed by atoms with Gasteiger partial charge in [0.05, 0.1) is 6.04 Å². The molecule has 1 aromatic carbocycles. The van der Waals surface area contributed by atoms with Gasteiger partial charge in [0, 0.05) is 35.4 Å². The first kappa shape index (κ1) is 36.8. The topological polar surface area (TPSA) is 48.8 Å². The number of amidine groups is 2. The molecule has 0 bridgehead atoms. The van der Waals surface area contributed by atoms with Crippen LogP contribution in [0.5, 0.6) is 0 Å². The minimum Gasteiger partial charge on any atom is -0.380 e. The molecule has 0 radical (unpaired) electrons. The number of allylic oxidation sites excluding steroid dienone is 22. The van der Waals surface area contributed by atoms with Gasteiger partial charge in [0.15, 0.2) is 6.17 Å². The first-order chi connectivity index (χ1) is 28.7. The van der Waals surface area contributed by atoms with Crippen LogP contribution in [0, 0.1) is 35.5 Å². The monoisotopic (exact) mass is 760 g/mol. The van der Waals surface area contributed by atoms with E-state index in [2.05, 4.69) is 169 Å². The fraction of sp³-hybridized carbons (Fsp3) is 0.333. The van der Waals surface area contributed by atoms with Crippen LogP contribution in [0.25, 0.3) is 5.57 Å². The average molecular weight is 761 g/mol. The molecule has 4 nitrogen and oxygen atoms in total. The predicted molar refractivity (Wildman–Crippen MR) is 243 cm³/mol. The molecule has 2 N–H and O–H groups in total. The zero-order valence-corrected chi connectivity index (χ0v) is 33.6. The highest BCUT2D eigenvalue weighted by atomic mass is 15.2. The summed E-state index contributed by atoms with van der Waals surface area (Å²) in [5, 5.41) is 7.68. The molecule has 2 heterocycles. The van der Waals surface area contributed by atoms with Crippen molar-refractivity contribution in [1.82, 2.24) is 10.6 Å². The largest absolute Gasteiger partial charge is 0.380 e. The molecule has 2 aliphatic heterocycles. The van der Waals surface area contributed by atoms with E-state index in [9.17, 15) is 0 Å². The second-order valence-corrected chi connectivity index (χ2v) is 17.3. The molecular weight excluding hydrogens is 705 g/mol. The molecule has 7 aliphatic carbocycles. The molecule has 1 aromatic rings. The van der Waals surface area contributed by atoms with Gasteiger partial charge in [-0.25, -0.2) is 9.98 Å². The van der Waals surface area contributed by atoms with Gasteiger partial charge in [-0.15, -0.1) is 0 Å². The number of rotatable bonds is 8. The van der Waals surface area contributed by atoms with Gasteiger partial charge in [0.1, 0.15) is 11.7 Å². The maximum Gasteiger partial charge on any atom is 0.165 e. The molecule has 0 amide bonds. The van der Waals surface area contributed by atoms with Crippen LogP contribution in [0.4, 0.5) is 0 Å². The number of dihydropyridines is 1. The van der Waals surface area contributed by atoms with Crippen LogP contribution in [-0.4, -0.2) is 23.9 Å². The summed E-state index contributed by atoms with van der Waals surface area (Å²) < 4.78 is 0. The molecule has 0 fully saturated rings. The Morgan fingerprint density at radius 3 is 2.22 bits per heavy atom. The molecule has 0 spiro atoms. The highest BCUT2D eigenvalue weighted by Gasteiger charge is 2.33. The minimum absolute atomic E-state index is 0.162. The van der Waals surface area contributed by atoms with Gasteiger partial charge in [-0.3, -0.25) is 0 Å². The number of nitrogens with one attached hydrogen (secondary N) is 2. The van der Waals surface area contributed by atoms with Crippen molar-refractivity contribution < 1.29 is 0 Å². The summed E-state index contributed by atoms with van der Waals surface area (Å²) in [6, 6.07) is 10.9. The fourth-order valence-corrected chi connectivity index (χ4v) is 10.4. The standard InChI is InChI=1S/C54H56N4/c1-4-13-37(14-5-1)39-23-29-44(30-24-39)52-56-53(45-31-25-40(26-32-45)38-15-6-2-7-16-38)58-54(57-52)46-33-27-43(28-34-46)51-35-49(42-17-8-3-9-18-42)50(36-55-51)48-22-12-20-41-19-10-11-21-47(41)48/h1,3-6,8-15,17,19,21-25,27,29,31,33,35-36,38,40-42,44-45,51,54-55H,2,7,16,18,20,26,28,30,32,34H2,(H,56,57,58). The molecule has 8 atom stereocenters. The smallest absolute Gasteiger partial charge is 0.165 e. The Hall–Kier alpha value is -5.48. The van der Waals surface area contributed by atoms with Crippen LogP contribution < -0.4 is 10.6 Å². The summed E-state index contributed by atoms with van der Waals surface area (Å²) in [4.78, 5) is 10.8. The summed E-state index contributed by atoms with van der Waals surface area (Å²) in [6.07, 6.45) is 60.3. The Balaban J connectivity index is 0.920. The summed E-state index contributed by atoms with van der Waals surface area (Å²) in [6.45, 7) is 0. The third-order valence-electron chi connectivity index (χ3n) is 13.7. The van der Waals surface area contributed by atoms with Crippen LogP contribution in [0.15, 0.2) is 201 Å². The third kappa shape index (κ3) is 7.74. The number of hydrogen-bond acceptors (Lipinski definition) is 4. The van der Waals surface area contributed by atoms with Crippen molar-refractivity contribution in [1.29, 1.82) is 0 Å². The second-order valence-electron chi connectivity index (χ2n) is 17.3. The van der Waals surface area contributed by atoms with Crippen molar-refractivity contribution in [2.45, 2.75) is 76.4 Å². The van der Waals surface area contributed by atoms with E-state index in [0.717, 1.165) is 50.2 Å². The first-order valence-corrected chi connectivity index (χ1v) is 22.1. The zero-order chi connectivity index (χ0) is 38.7. The van der Waals surface area contributed by atoms with Crippen LogP contribution in [0.3, 0.4) is 0 Å². The lowest BCUT2D eigenvalue weighted by atomic mass is 9.75. The van der Waals surface area contributed by atoms with Crippen LogP contribution in [0.1, 0.15) is 69.8 Å². The van der Waals surface area contributed by atoms with Gasteiger partial charge in [-0.2, -0.15) is 0 Å². The van der Waals surface area contributed by atoms with Gasteiger partial charge >= 0.3 is 0 Å². The van der Waals surface area contributed by atoms with Crippen LogP contribution >= 0.6 is 0 Å². The van der Waals surface area contributed by atoms with E-state index in [4.69, 9.17) is 9.98 Å². The minimum atomic E-state index is -0.197. The molecule has 292 valence electrons. The van der Waals surface area contributed by atoms with Crippen molar-refractivity contribution >= 4 is 17.2 Å². The Kier molecular flexibility index (Phi) is 10.7. The van der Waals surface area contributed by atoms with E-state index < -0.39 is 0 Å². The Morgan fingerprint density at radius 1 is 0.621 bits per heavy atom. The van der Waals surface area contributed by atoms with Crippen LogP contribution in [0.2, 0.25) is 0 Å². The van der Waals surface area contributed by atoms with Gasteiger partial charge < -0.3 is 10.6 Å². The normalized spacial score (nSPS) is 32.5. The summed E-state index contributed by atoms with van der Waals surface area (Å²) >= 11 is 0. The maximum absolute atomic E-state index is 5.42. The van der Waals surface area contributed by atoms with Crippen molar-refractivity contribution in [3.63, 3.8) is 0 Å². The number of fused-ring (bicyclic) bond motifs is 1. The lowest BCUT2D eigenvalue weighted by molar-refractivity contribution is 0.370. The molecule has 0 saturated heterocycles. The second kappa shape index (κ2) is 16.8. The molecule has 0 saturated carbocycles. The van der Waals surface area contributed by atoms with Gasteiger partial charge in [-0.05, 0) is 115 Å². The lowest BCUT2D eigenvalue weighted by Gasteiger charge is -2.34. The van der Waals surface area contributed by atoms with Gasteiger partial charge in [0.25, 0.3) is 0 Å². The number of benzene rings is 1. The number of hydrogen-bond donors (Lipinski definition) is 2. The maximum atomic E-state index is 5.42. The molecule has 0 aromatic heterocycles. The molecule has 4 heteroatoms. The molecule has 8 unspecified atom stereocenters. The van der Waals surface area contributed by atoms with Crippen molar-refractivity contribution in [2.24, 2.45) is 45.5 Å². The average Bonchev–Trinajstić information content (AvgIpc) is 3.32. The fourth-order valence-electron chi connectivity index (χ4n) is 10.4. The molecule has 9 aliphatic rings. The molecule has 10 rings (SSSR count). The van der Waals surface area contributed by atoms with Crippen molar-refractivity contribution in [3.05, 3.63) is 197 Å². The highest BCUT2D eigenvalue weighted by Crippen LogP contribution is 2.42. The number of nitrogens with zero attached hydrogens (tertiary/aromatic N) is 2. The molecule has 58 heavy (non-hydrogen) atoms. The third-order valence-corrected chi connectivity index (χ3v) is 13.7. The van der Waals surface area contributed by atoms with Gasteiger partial charge in [0.2, 0.25) is 0 Å². The quantitative estimate of drug-likeness (QED) is 0.259. The first-order valence-electron chi connectivity index (χ1n) is 22.1. The summed E-state index contributed by atoms with van der Waals surface area (Å²) in [5.74, 6) is 4.80. The number of aliphatic imine (C=N–C) groups is 2. The van der Waals surface area contributed by atoms with E-state index in [0.29, 0.717) is 29.6 Å². The zero-order valence-electron chi connectivity index (χ0n) is 33.6. The van der Waals surface area contributed by atoms with E-state index in [1.807, 2.05) is 0 Å². The van der Waals surface area contributed by atoms with E-state index >= 15 is 0 Å². The van der Waals surface area contributed by atoms with E-state index in [-0.39, 0.29) is 18.1 Å². The van der Waals surface area contributed by atoms with Crippen molar-refractivity contribution in [2.75, 3.05) is 0 Å².